The van der Waals surface area contributed by atoms with E-state index in [0.717, 1.165) is 78.4 Å². The first-order valence-corrected chi connectivity index (χ1v) is 14.3. The molecule has 6 heteroatoms. The summed E-state index contributed by atoms with van der Waals surface area (Å²) in [6.07, 6.45) is 11.4. The van der Waals surface area contributed by atoms with Crippen molar-refractivity contribution < 1.29 is 9.53 Å². The summed E-state index contributed by atoms with van der Waals surface area (Å²) in [5.41, 5.74) is 8.68. The minimum absolute atomic E-state index is 0.00727. The maximum Gasteiger partial charge on any atom is 0.150 e. The molecule has 2 aliphatic rings. The summed E-state index contributed by atoms with van der Waals surface area (Å²) >= 11 is 6.82. The number of carbonyl (C=O) groups is 1. The Labute approximate surface area is 239 Å². The summed E-state index contributed by atoms with van der Waals surface area (Å²) < 4.78 is 7.84. The van der Waals surface area contributed by atoms with E-state index in [0.29, 0.717) is 22.1 Å². The zero-order valence-electron chi connectivity index (χ0n) is 22.2. The number of halogens is 1. The van der Waals surface area contributed by atoms with Crippen LogP contribution in [0, 0.1) is 17.2 Å². The zero-order valence-corrected chi connectivity index (χ0v) is 23.0. The molecule has 4 aromatic rings. The van der Waals surface area contributed by atoms with Crippen molar-refractivity contribution in [1.29, 1.82) is 5.26 Å². The van der Waals surface area contributed by atoms with Gasteiger partial charge in [-0.3, -0.25) is 4.79 Å². The molecule has 3 aromatic carbocycles. The van der Waals surface area contributed by atoms with E-state index in [1.54, 1.807) is 6.07 Å². The van der Waals surface area contributed by atoms with Crippen molar-refractivity contribution >= 4 is 29.0 Å². The number of hydrogen-bond acceptors (Lipinski definition) is 4. The summed E-state index contributed by atoms with van der Waals surface area (Å²) in [5.74, 6) is 0.361. The van der Waals surface area contributed by atoms with E-state index in [4.69, 9.17) is 16.3 Å². The van der Waals surface area contributed by atoms with Gasteiger partial charge in [0.1, 0.15) is 12.5 Å². The fourth-order valence-corrected chi connectivity index (χ4v) is 5.95. The van der Waals surface area contributed by atoms with Gasteiger partial charge < -0.3 is 4.74 Å². The Morgan fingerprint density at radius 2 is 1.70 bits per heavy atom. The highest BCUT2D eigenvalue weighted by Crippen LogP contribution is 2.47. The maximum absolute atomic E-state index is 11.4. The second-order valence-corrected chi connectivity index (χ2v) is 11.0. The molecule has 0 N–H and O–H groups in total. The lowest BCUT2D eigenvalue weighted by atomic mass is 9.73. The predicted molar refractivity (Wildman–Crippen MR) is 158 cm³/mol. The van der Waals surface area contributed by atoms with Crippen molar-refractivity contribution in [3.63, 3.8) is 0 Å². The summed E-state index contributed by atoms with van der Waals surface area (Å²) in [5, 5.41) is 14.6. The highest BCUT2D eigenvalue weighted by atomic mass is 35.5. The molecule has 1 aliphatic carbocycles. The number of carbonyl (C=O) groups excluding carboxylic acids is 1. The van der Waals surface area contributed by atoms with Gasteiger partial charge in [0.2, 0.25) is 0 Å². The smallest absolute Gasteiger partial charge is 0.150 e. The van der Waals surface area contributed by atoms with Crippen LogP contribution in [0.25, 0.3) is 22.3 Å². The maximum atomic E-state index is 11.4. The molecule has 0 amide bonds. The first-order chi connectivity index (χ1) is 19.6. The highest BCUT2D eigenvalue weighted by molar-refractivity contribution is 6.33. The fraction of sp³-hybridized carbons (Fsp3) is 0.265. The summed E-state index contributed by atoms with van der Waals surface area (Å²) in [6.45, 7) is 0.782. The van der Waals surface area contributed by atoms with E-state index in [1.807, 2.05) is 47.3 Å². The number of nitrogens with zero attached hydrogens (tertiary/aromatic N) is 3. The van der Waals surface area contributed by atoms with Crippen molar-refractivity contribution in [3.8, 4) is 17.2 Å². The Kier molecular flexibility index (Phi) is 7.64. The van der Waals surface area contributed by atoms with Crippen molar-refractivity contribution in [1.82, 2.24) is 9.78 Å². The molecule has 200 valence electrons. The molecule has 40 heavy (non-hydrogen) atoms. The molecule has 2 fully saturated rings. The average molecular weight is 548 g/mol. The van der Waals surface area contributed by atoms with Crippen LogP contribution in [0.4, 0.5) is 0 Å². The van der Waals surface area contributed by atoms with Crippen LogP contribution in [0.15, 0.2) is 79.1 Å². The van der Waals surface area contributed by atoms with Crippen LogP contribution in [0.1, 0.15) is 77.4 Å². The van der Waals surface area contributed by atoms with Crippen LogP contribution in [0.2, 0.25) is 5.02 Å². The molecule has 6 rings (SSSR count). The Morgan fingerprint density at radius 3 is 2.30 bits per heavy atom. The summed E-state index contributed by atoms with van der Waals surface area (Å²) in [6, 6.07) is 24.1. The number of allylic oxidation sites excluding steroid dienone is 1. The molecule has 0 bridgehead atoms. The van der Waals surface area contributed by atoms with Crippen LogP contribution in [0.5, 0.6) is 0 Å². The van der Waals surface area contributed by atoms with Crippen LogP contribution >= 0.6 is 11.6 Å². The Morgan fingerprint density at radius 1 is 0.950 bits per heavy atom. The SMILES string of the molecule is N#Cc1ccc(C(=C(c2ccc(C=O)cc2)c2ccc(-c3cnn(C4CCCCO4)c3)cc2)C2CCC2)c(Cl)c1. The third kappa shape index (κ3) is 5.25. The van der Waals surface area contributed by atoms with Gasteiger partial charge in [0.05, 0.1) is 17.8 Å². The van der Waals surface area contributed by atoms with Gasteiger partial charge in [0.15, 0.2) is 0 Å². The van der Waals surface area contributed by atoms with E-state index >= 15 is 0 Å². The van der Waals surface area contributed by atoms with E-state index in [1.165, 1.54) is 12.0 Å². The number of nitriles is 1. The first kappa shape index (κ1) is 26.3. The average Bonchev–Trinajstić information content (AvgIpc) is 3.48. The Bertz CT molecular complexity index is 1590. The second-order valence-electron chi connectivity index (χ2n) is 10.6. The van der Waals surface area contributed by atoms with Gasteiger partial charge >= 0.3 is 0 Å². The van der Waals surface area contributed by atoms with Gasteiger partial charge in [-0.05, 0) is 83.6 Å². The Balaban J connectivity index is 1.45. The number of aromatic nitrogens is 2. The number of hydrogen-bond donors (Lipinski definition) is 0. The van der Waals surface area contributed by atoms with E-state index in [2.05, 4.69) is 41.6 Å². The molecule has 1 saturated heterocycles. The fourth-order valence-electron chi connectivity index (χ4n) is 5.67. The number of ether oxygens (including phenoxy) is 1. The molecule has 0 radical (unpaired) electrons. The minimum Gasteiger partial charge on any atom is -0.357 e. The van der Waals surface area contributed by atoms with Gasteiger partial charge in [0.25, 0.3) is 0 Å². The molecule has 1 saturated carbocycles. The van der Waals surface area contributed by atoms with Crippen LogP contribution in [-0.2, 0) is 4.74 Å². The number of rotatable bonds is 7. The third-order valence-corrected chi connectivity index (χ3v) is 8.38. The van der Waals surface area contributed by atoms with Crippen molar-refractivity contribution in [2.24, 2.45) is 5.92 Å². The monoisotopic (exact) mass is 547 g/mol. The van der Waals surface area contributed by atoms with E-state index < -0.39 is 0 Å². The molecule has 1 unspecified atom stereocenters. The molecule has 5 nitrogen and oxygen atoms in total. The standard InChI is InChI=1S/C34H30ClN3O2/c35-31-18-24(19-36)9-16-30(31)34(26-4-3-5-26)33(27-10-7-23(22-39)8-11-27)28-14-12-25(13-15-28)29-20-37-38(21-29)32-6-1-2-17-40-32/h7-16,18,20-22,26,32H,1-6,17H2. The molecule has 1 atom stereocenters. The molecular weight excluding hydrogens is 518 g/mol. The van der Waals surface area contributed by atoms with E-state index in [-0.39, 0.29) is 6.23 Å². The predicted octanol–water partition coefficient (Wildman–Crippen LogP) is 8.35. The Hall–Kier alpha value is -3.98. The van der Waals surface area contributed by atoms with Gasteiger partial charge in [0, 0.05) is 29.0 Å². The summed E-state index contributed by atoms with van der Waals surface area (Å²) in [4.78, 5) is 11.4. The molecule has 0 spiro atoms. The van der Waals surface area contributed by atoms with Crippen molar-refractivity contribution in [2.75, 3.05) is 6.61 Å². The largest absolute Gasteiger partial charge is 0.357 e. The normalized spacial score (nSPS) is 17.9. The minimum atomic E-state index is 0.00727. The third-order valence-electron chi connectivity index (χ3n) is 8.07. The lowest BCUT2D eigenvalue weighted by Gasteiger charge is -2.32. The zero-order chi connectivity index (χ0) is 27.5. The lowest BCUT2D eigenvalue weighted by molar-refractivity contribution is -0.0394. The van der Waals surface area contributed by atoms with E-state index in [9.17, 15) is 10.1 Å². The molecule has 1 aromatic heterocycles. The lowest BCUT2D eigenvalue weighted by Crippen LogP contribution is -2.18. The van der Waals surface area contributed by atoms with Crippen molar-refractivity contribution in [3.05, 3.63) is 112 Å². The van der Waals surface area contributed by atoms with Crippen LogP contribution < -0.4 is 0 Å². The van der Waals surface area contributed by atoms with Gasteiger partial charge in [-0.2, -0.15) is 10.4 Å². The quantitative estimate of drug-likeness (QED) is 0.172. The van der Waals surface area contributed by atoms with Gasteiger partial charge in [-0.1, -0.05) is 72.6 Å². The van der Waals surface area contributed by atoms with Gasteiger partial charge in [-0.15, -0.1) is 0 Å². The van der Waals surface area contributed by atoms with Crippen molar-refractivity contribution in [2.45, 2.75) is 44.8 Å². The topological polar surface area (TPSA) is 67.9 Å². The second kappa shape index (κ2) is 11.6. The molecular formula is C34H30ClN3O2. The molecule has 1 aliphatic heterocycles. The molecule has 2 heterocycles. The number of aldehydes is 1. The number of benzene rings is 3. The first-order valence-electron chi connectivity index (χ1n) is 13.9. The van der Waals surface area contributed by atoms with Gasteiger partial charge in [-0.25, -0.2) is 4.68 Å². The summed E-state index contributed by atoms with van der Waals surface area (Å²) in [7, 11) is 0. The highest BCUT2D eigenvalue weighted by Gasteiger charge is 2.28. The van der Waals surface area contributed by atoms with Crippen LogP contribution in [0.3, 0.4) is 0 Å². The van der Waals surface area contributed by atoms with Crippen LogP contribution in [-0.4, -0.2) is 22.7 Å².